The Labute approximate surface area is 108 Å². The predicted molar refractivity (Wildman–Crippen MR) is 74.8 cm³/mol. The van der Waals surface area contributed by atoms with E-state index in [1.54, 1.807) is 11.3 Å². The molecule has 1 aromatic heterocycles. The zero-order valence-corrected chi connectivity index (χ0v) is 11.9. The van der Waals surface area contributed by atoms with Crippen LogP contribution in [0.5, 0.6) is 0 Å². The molecule has 1 fully saturated rings. The molecule has 0 aromatic carbocycles. The lowest BCUT2D eigenvalue weighted by atomic mass is 10.2. The van der Waals surface area contributed by atoms with Crippen molar-refractivity contribution in [3.63, 3.8) is 0 Å². The van der Waals surface area contributed by atoms with E-state index < -0.39 is 0 Å². The van der Waals surface area contributed by atoms with E-state index in [1.165, 1.54) is 36.8 Å². The summed E-state index contributed by atoms with van der Waals surface area (Å²) in [4.78, 5) is 7.18. The third-order valence-corrected chi connectivity index (χ3v) is 4.27. The van der Waals surface area contributed by atoms with Crippen LogP contribution >= 0.6 is 11.3 Å². The van der Waals surface area contributed by atoms with Gasteiger partial charge < -0.3 is 10.2 Å². The molecule has 0 radical (unpaired) electrons. The topological polar surface area (TPSA) is 28.2 Å². The van der Waals surface area contributed by atoms with Gasteiger partial charge in [-0.25, -0.2) is 4.98 Å². The first kappa shape index (κ1) is 12.8. The van der Waals surface area contributed by atoms with Gasteiger partial charge in [-0.05, 0) is 32.2 Å². The SMILES string of the molecule is CCCNC(C)c1csc(N2CCC(C)C2)n1. The van der Waals surface area contributed by atoms with Crippen LogP contribution in [-0.4, -0.2) is 24.6 Å². The molecule has 0 saturated carbocycles. The Kier molecular flexibility index (Phi) is 4.40. The van der Waals surface area contributed by atoms with Gasteiger partial charge in [0.1, 0.15) is 0 Å². The van der Waals surface area contributed by atoms with Gasteiger partial charge in [0.25, 0.3) is 0 Å². The zero-order chi connectivity index (χ0) is 12.3. The first-order valence-electron chi connectivity index (χ1n) is 6.64. The number of hydrogen-bond acceptors (Lipinski definition) is 4. The second-order valence-corrected chi connectivity index (χ2v) is 5.91. The number of hydrogen-bond donors (Lipinski definition) is 1. The Morgan fingerprint density at radius 2 is 2.47 bits per heavy atom. The predicted octanol–water partition coefficient (Wildman–Crippen LogP) is 3.05. The lowest BCUT2D eigenvalue weighted by Gasteiger charge is -2.14. The number of nitrogens with zero attached hydrogens (tertiary/aromatic N) is 2. The van der Waals surface area contributed by atoms with Crippen LogP contribution in [0, 0.1) is 5.92 Å². The number of thiazole rings is 1. The van der Waals surface area contributed by atoms with E-state index in [2.05, 4.69) is 36.4 Å². The molecule has 2 heterocycles. The summed E-state index contributed by atoms with van der Waals surface area (Å²) >= 11 is 1.79. The van der Waals surface area contributed by atoms with Crippen molar-refractivity contribution in [2.45, 2.75) is 39.7 Å². The minimum absolute atomic E-state index is 0.375. The minimum atomic E-state index is 0.375. The van der Waals surface area contributed by atoms with E-state index in [0.717, 1.165) is 12.5 Å². The fraction of sp³-hybridized carbons (Fsp3) is 0.769. The Morgan fingerprint density at radius 3 is 3.12 bits per heavy atom. The molecule has 1 aromatic rings. The summed E-state index contributed by atoms with van der Waals surface area (Å²) in [6.45, 7) is 10.1. The normalized spacial score (nSPS) is 22.1. The number of anilines is 1. The highest BCUT2D eigenvalue weighted by Gasteiger charge is 2.21. The monoisotopic (exact) mass is 253 g/mol. The molecule has 96 valence electrons. The van der Waals surface area contributed by atoms with Crippen molar-refractivity contribution in [1.82, 2.24) is 10.3 Å². The molecule has 1 N–H and O–H groups in total. The van der Waals surface area contributed by atoms with Gasteiger partial charge in [-0.2, -0.15) is 0 Å². The Bertz CT molecular complexity index is 350. The van der Waals surface area contributed by atoms with E-state index in [1.807, 2.05) is 0 Å². The molecule has 2 unspecified atom stereocenters. The molecule has 0 bridgehead atoms. The first-order valence-corrected chi connectivity index (χ1v) is 7.52. The van der Waals surface area contributed by atoms with Crippen LogP contribution in [0.1, 0.15) is 45.3 Å². The van der Waals surface area contributed by atoms with E-state index in [4.69, 9.17) is 4.98 Å². The molecule has 2 atom stereocenters. The summed E-state index contributed by atoms with van der Waals surface area (Å²) < 4.78 is 0. The van der Waals surface area contributed by atoms with Crippen molar-refractivity contribution < 1.29 is 0 Å². The van der Waals surface area contributed by atoms with E-state index in [-0.39, 0.29) is 0 Å². The zero-order valence-electron chi connectivity index (χ0n) is 11.1. The summed E-state index contributed by atoms with van der Waals surface area (Å²) in [7, 11) is 0. The van der Waals surface area contributed by atoms with Gasteiger partial charge >= 0.3 is 0 Å². The van der Waals surface area contributed by atoms with Crippen molar-refractivity contribution >= 4 is 16.5 Å². The van der Waals surface area contributed by atoms with E-state index in [9.17, 15) is 0 Å². The molecule has 0 aliphatic carbocycles. The van der Waals surface area contributed by atoms with Gasteiger partial charge in [0.15, 0.2) is 5.13 Å². The summed E-state index contributed by atoms with van der Waals surface area (Å²) in [5, 5.41) is 6.89. The maximum atomic E-state index is 4.76. The average Bonchev–Trinajstić information content (AvgIpc) is 2.93. The van der Waals surface area contributed by atoms with Gasteiger partial charge in [0.05, 0.1) is 5.69 Å². The van der Waals surface area contributed by atoms with Crippen LogP contribution in [0.2, 0.25) is 0 Å². The fourth-order valence-corrected chi connectivity index (χ4v) is 3.15. The van der Waals surface area contributed by atoms with Crippen LogP contribution in [-0.2, 0) is 0 Å². The molecule has 4 heteroatoms. The fourth-order valence-electron chi connectivity index (χ4n) is 2.19. The maximum absolute atomic E-state index is 4.76. The Morgan fingerprint density at radius 1 is 1.65 bits per heavy atom. The first-order chi connectivity index (χ1) is 8.20. The molecule has 0 spiro atoms. The number of aromatic nitrogens is 1. The molecule has 1 aliphatic heterocycles. The van der Waals surface area contributed by atoms with Gasteiger partial charge in [0, 0.05) is 24.5 Å². The van der Waals surface area contributed by atoms with Crippen molar-refractivity contribution in [2.75, 3.05) is 24.5 Å². The number of rotatable bonds is 5. The van der Waals surface area contributed by atoms with Crippen LogP contribution in [0.25, 0.3) is 0 Å². The van der Waals surface area contributed by atoms with Crippen molar-refractivity contribution in [2.24, 2.45) is 5.92 Å². The number of nitrogens with one attached hydrogen (secondary N) is 1. The summed E-state index contributed by atoms with van der Waals surface area (Å²) in [5.74, 6) is 0.818. The highest BCUT2D eigenvalue weighted by molar-refractivity contribution is 7.13. The summed E-state index contributed by atoms with van der Waals surface area (Å²) in [6, 6.07) is 0.375. The van der Waals surface area contributed by atoms with Gasteiger partial charge in [0.2, 0.25) is 0 Å². The second-order valence-electron chi connectivity index (χ2n) is 5.07. The second kappa shape index (κ2) is 5.83. The van der Waals surface area contributed by atoms with Crippen LogP contribution in [0.4, 0.5) is 5.13 Å². The van der Waals surface area contributed by atoms with Crippen molar-refractivity contribution in [3.05, 3.63) is 11.1 Å². The molecule has 3 nitrogen and oxygen atoms in total. The van der Waals surface area contributed by atoms with Crippen molar-refractivity contribution in [1.29, 1.82) is 0 Å². The Hall–Kier alpha value is -0.610. The van der Waals surface area contributed by atoms with E-state index >= 15 is 0 Å². The highest BCUT2D eigenvalue weighted by Crippen LogP contribution is 2.28. The minimum Gasteiger partial charge on any atom is -0.348 e. The lowest BCUT2D eigenvalue weighted by Crippen LogP contribution is -2.21. The van der Waals surface area contributed by atoms with Gasteiger partial charge in [-0.15, -0.1) is 11.3 Å². The van der Waals surface area contributed by atoms with Crippen LogP contribution < -0.4 is 10.2 Å². The standard InChI is InChI=1S/C13H23N3S/c1-4-6-14-11(3)12-9-17-13(15-12)16-7-5-10(2)8-16/h9-11,14H,4-8H2,1-3H3. The summed E-state index contributed by atoms with van der Waals surface area (Å²) in [5.41, 5.74) is 1.19. The highest BCUT2D eigenvalue weighted by atomic mass is 32.1. The Balaban J connectivity index is 1.95. The molecule has 1 aliphatic rings. The maximum Gasteiger partial charge on any atom is 0.185 e. The quantitative estimate of drug-likeness (QED) is 0.874. The van der Waals surface area contributed by atoms with Crippen LogP contribution in [0.15, 0.2) is 5.38 Å². The largest absolute Gasteiger partial charge is 0.348 e. The molecule has 1 saturated heterocycles. The smallest absolute Gasteiger partial charge is 0.185 e. The summed E-state index contributed by atoms with van der Waals surface area (Å²) in [6.07, 6.45) is 2.48. The molecular formula is C13H23N3S. The molecule has 17 heavy (non-hydrogen) atoms. The van der Waals surface area contributed by atoms with E-state index in [0.29, 0.717) is 6.04 Å². The van der Waals surface area contributed by atoms with Gasteiger partial charge in [-0.1, -0.05) is 13.8 Å². The molecule has 0 amide bonds. The van der Waals surface area contributed by atoms with Crippen LogP contribution in [0.3, 0.4) is 0 Å². The molecule has 2 rings (SSSR count). The third kappa shape index (κ3) is 3.19. The molecular weight excluding hydrogens is 230 g/mol. The third-order valence-electron chi connectivity index (χ3n) is 3.35. The van der Waals surface area contributed by atoms with Gasteiger partial charge in [-0.3, -0.25) is 0 Å². The average molecular weight is 253 g/mol. The van der Waals surface area contributed by atoms with Crippen molar-refractivity contribution in [3.8, 4) is 0 Å². The lowest BCUT2D eigenvalue weighted by molar-refractivity contribution is 0.560.